The molecule has 0 radical (unpaired) electrons. The molecule has 1 atom stereocenters. The zero-order valence-electron chi connectivity index (χ0n) is 13.2. The van der Waals surface area contributed by atoms with E-state index in [1.165, 1.54) is 0 Å². The van der Waals surface area contributed by atoms with E-state index in [-0.39, 0.29) is 6.04 Å². The van der Waals surface area contributed by atoms with Crippen LogP contribution in [-0.2, 0) is 4.74 Å². The third-order valence-corrected chi connectivity index (χ3v) is 3.88. The van der Waals surface area contributed by atoms with Gasteiger partial charge in [0.2, 0.25) is 0 Å². The van der Waals surface area contributed by atoms with Crippen molar-refractivity contribution in [1.82, 2.24) is 4.90 Å². The van der Waals surface area contributed by atoms with E-state index >= 15 is 0 Å². The highest BCUT2D eigenvalue weighted by atomic mass is 35.5. The molecule has 1 unspecified atom stereocenters. The average Bonchev–Trinajstić information content (AvgIpc) is 2.49. The van der Waals surface area contributed by atoms with Gasteiger partial charge in [0.05, 0.1) is 19.2 Å². The number of hydrogen-bond donors (Lipinski definition) is 1. The molecular formula is C15H25ClN2O3. The van der Waals surface area contributed by atoms with E-state index in [2.05, 4.69) is 4.90 Å². The molecule has 1 aromatic rings. The van der Waals surface area contributed by atoms with Gasteiger partial charge in [-0.25, -0.2) is 0 Å². The van der Waals surface area contributed by atoms with Gasteiger partial charge in [-0.2, -0.15) is 0 Å². The predicted octanol–water partition coefficient (Wildman–Crippen LogP) is 2.33. The van der Waals surface area contributed by atoms with E-state index < -0.39 is 0 Å². The van der Waals surface area contributed by atoms with Gasteiger partial charge in [0.1, 0.15) is 0 Å². The van der Waals surface area contributed by atoms with Crippen molar-refractivity contribution in [3.8, 4) is 11.5 Å². The third-order valence-electron chi connectivity index (χ3n) is 3.49. The van der Waals surface area contributed by atoms with Crippen molar-refractivity contribution in [2.45, 2.75) is 12.5 Å². The van der Waals surface area contributed by atoms with E-state index in [9.17, 15) is 0 Å². The van der Waals surface area contributed by atoms with Crippen LogP contribution in [-0.4, -0.2) is 53.0 Å². The maximum absolute atomic E-state index is 6.46. The van der Waals surface area contributed by atoms with Crippen LogP contribution in [0.4, 0.5) is 0 Å². The Labute approximate surface area is 131 Å². The Morgan fingerprint density at radius 1 is 1.24 bits per heavy atom. The zero-order valence-corrected chi connectivity index (χ0v) is 13.9. The highest BCUT2D eigenvalue weighted by Gasteiger charge is 2.22. The molecule has 1 rings (SSSR count). The fourth-order valence-electron chi connectivity index (χ4n) is 2.32. The van der Waals surface area contributed by atoms with Gasteiger partial charge >= 0.3 is 0 Å². The Morgan fingerprint density at radius 2 is 1.95 bits per heavy atom. The molecule has 120 valence electrons. The quantitative estimate of drug-likeness (QED) is 0.709. The van der Waals surface area contributed by atoms with E-state index in [0.717, 1.165) is 25.1 Å². The first-order valence-corrected chi connectivity index (χ1v) is 7.28. The van der Waals surface area contributed by atoms with E-state index in [1.54, 1.807) is 21.3 Å². The monoisotopic (exact) mass is 316 g/mol. The molecule has 5 nitrogen and oxygen atoms in total. The normalized spacial score (nSPS) is 12.5. The molecule has 0 aliphatic heterocycles. The average molecular weight is 317 g/mol. The fraction of sp³-hybridized carbons (Fsp3) is 0.600. The van der Waals surface area contributed by atoms with Gasteiger partial charge < -0.3 is 19.9 Å². The number of methoxy groups -OCH3 is 3. The molecule has 0 aliphatic carbocycles. The number of rotatable bonds is 9. The lowest BCUT2D eigenvalue weighted by molar-refractivity contribution is 0.166. The van der Waals surface area contributed by atoms with Crippen LogP contribution in [0.2, 0.25) is 5.02 Å². The summed E-state index contributed by atoms with van der Waals surface area (Å²) in [5, 5.41) is 0.547. The van der Waals surface area contributed by atoms with Gasteiger partial charge in [0, 0.05) is 32.8 Å². The number of likely N-dealkylation sites (N-methyl/N-ethyl adjacent to an activating group) is 1. The van der Waals surface area contributed by atoms with Crippen LogP contribution in [0.25, 0.3) is 0 Å². The number of benzene rings is 1. The van der Waals surface area contributed by atoms with Crippen LogP contribution >= 0.6 is 11.6 Å². The molecule has 0 saturated carbocycles. The lowest BCUT2D eigenvalue weighted by Gasteiger charge is -2.28. The maximum atomic E-state index is 6.46. The fourth-order valence-corrected chi connectivity index (χ4v) is 2.68. The summed E-state index contributed by atoms with van der Waals surface area (Å²) in [7, 11) is 6.89. The molecular weight excluding hydrogens is 292 g/mol. The summed E-state index contributed by atoms with van der Waals surface area (Å²) in [4.78, 5) is 2.17. The largest absolute Gasteiger partial charge is 0.493 e. The van der Waals surface area contributed by atoms with Gasteiger partial charge in [0.25, 0.3) is 0 Å². The van der Waals surface area contributed by atoms with Crippen molar-refractivity contribution in [3.63, 3.8) is 0 Å². The van der Waals surface area contributed by atoms with Crippen molar-refractivity contribution >= 4 is 11.6 Å². The van der Waals surface area contributed by atoms with Crippen molar-refractivity contribution in [2.24, 2.45) is 5.73 Å². The first-order valence-electron chi connectivity index (χ1n) is 6.90. The van der Waals surface area contributed by atoms with Crippen molar-refractivity contribution < 1.29 is 14.2 Å². The van der Waals surface area contributed by atoms with Gasteiger partial charge in [-0.05, 0) is 25.1 Å². The highest BCUT2D eigenvalue weighted by Crippen LogP contribution is 2.40. The SMILES string of the molecule is COCCCN(C)C(CN)c1ccc(OC)c(OC)c1Cl. The molecule has 2 N–H and O–H groups in total. The van der Waals surface area contributed by atoms with Crippen molar-refractivity contribution in [1.29, 1.82) is 0 Å². The highest BCUT2D eigenvalue weighted by molar-refractivity contribution is 6.33. The van der Waals surface area contributed by atoms with Crippen LogP contribution in [0.3, 0.4) is 0 Å². The molecule has 0 aromatic heterocycles. The minimum Gasteiger partial charge on any atom is -0.493 e. The second-order valence-corrected chi connectivity index (χ2v) is 5.16. The molecule has 0 saturated heterocycles. The summed E-state index contributed by atoms with van der Waals surface area (Å²) < 4.78 is 15.7. The van der Waals surface area contributed by atoms with Crippen LogP contribution in [0, 0.1) is 0 Å². The van der Waals surface area contributed by atoms with Crippen LogP contribution in [0.15, 0.2) is 12.1 Å². The summed E-state index contributed by atoms with van der Waals surface area (Å²) in [6.45, 7) is 2.07. The molecule has 21 heavy (non-hydrogen) atoms. The van der Waals surface area contributed by atoms with E-state index in [1.807, 2.05) is 19.2 Å². The lowest BCUT2D eigenvalue weighted by atomic mass is 10.0. The second kappa shape index (κ2) is 9.10. The predicted molar refractivity (Wildman–Crippen MR) is 85.5 cm³/mol. The molecule has 0 heterocycles. The van der Waals surface area contributed by atoms with Crippen LogP contribution in [0.1, 0.15) is 18.0 Å². The minimum atomic E-state index is 0.0224. The van der Waals surface area contributed by atoms with Gasteiger partial charge in [-0.1, -0.05) is 17.7 Å². The Kier molecular flexibility index (Phi) is 7.82. The first kappa shape index (κ1) is 18.0. The summed E-state index contributed by atoms with van der Waals surface area (Å²) in [6.07, 6.45) is 0.939. The number of ether oxygens (including phenoxy) is 3. The number of hydrogen-bond acceptors (Lipinski definition) is 5. The molecule has 0 fully saturated rings. The summed E-state index contributed by atoms with van der Waals surface area (Å²) >= 11 is 6.46. The van der Waals surface area contributed by atoms with Gasteiger partial charge in [-0.15, -0.1) is 0 Å². The van der Waals surface area contributed by atoms with Crippen molar-refractivity contribution in [3.05, 3.63) is 22.7 Å². The van der Waals surface area contributed by atoms with Crippen LogP contribution < -0.4 is 15.2 Å². The summed E-state index contributed by atoms with van der Waals surface area (Å²) in [6, 6.07) is 3.81. The van der Waals surface area contributed by atoms with E-state index in [4.69, 9.17) is 31.5 Å². The second-order valence-electron chi connectivity index (χ2n) is 4.78. The molecule has 1 aromatic carbocycles. The lowest BCUT2D eigenvalue weighted by Crippen LogP contribution is -2.32. The topological polar surface area (TPSA) is 57.0 Å². The Bertz CT molecular complexity index is 443. The first-order chi connectivity index (χ1) is 10.1. The molecule has 0 bridgehead atoms. The van der Waals surface area contributed by atoms with E-state index in [0.29, 0.717) is 23.1 Å². The molecule has 6 heteroatoms. The zero-order chi connectivity index (χ0) is 15.8. The number of nitrogens with zero attached hydrogens (tertiary/aromatic N) is 1. The minimum absolute atomic E-state index is 0.0224. The molecule has 0 amide bonds. The standard InChI is InChI=1S/C15H25ClN2O3/c1-18(8-5-9-19-2)12(10-17)11-6-7-13(20-3)15(21-4)14(11)16/h6-7,12H,5,8-10,17H2,1-4H3. The van der Waals surface area contributed by atoms with Crippen molar-refractivity contribution in [2.75, 3.05) is 48.1 Å². The van der Waals surface area contributed by atoms with Crippen LogP contribution in [0.5, 0.6) is 11.5 Å². The number of halogens is 1. The smallest absolute Gasteiger partial charge is 0.179 e. The maximum Gasteiger partial charge on any atom is 0.179 e. The Morgan fingerprint density at radius 3 is 2.48 bits per heavy atom. The Hall–Kier alpha value is -1.01. The summed E-state index contributed by atoms with van der Waals surface area (Å²) in [5.74, 6) is 1.16. The molecule has 0 spiro atoms. The Balaban J connectivity index is 3.00. The summed E-state index contributed by atoms with van der Waals surface area (Å²) in [5.41, 5.74) is 6.88. The molecule has 0 aliphatic rings. The van der Waals surface area contributed by atoms with Gasteiger partial charge in [0.15, 0.2) is 11.5 Å². The number of nitrogens with two attached hydrogens (primary N) is 1. The van der Waals surface area contributed by atoms with Gasteiger partial charge in [-0.3, -0.25) is 4.90 Å². The third kappa shape index (κ3) is 4.48.